The van der Waals surface area contributed by atoms with E-state index in [9.17, 15) is 0 Å². The van der Waals surface area contributed by atoms with Crippen LogP contribution < -0.4 is 0 Å². The first kappa shape index (κ1) is 4.19. The summed E-state index contributed by atoms with van der Waals surface area (Å²) in [6, 6.07) is 0. The van der Waals surface area contributed by atoms with Gasteiger partial charge in [0.25, 0.3) is 0 Å². The maximum absolute atomic E-state index is 3.87. The molecule has 6 heavy (non-hydrogen) atoms. The normalized spacial score (nSPS) is 21.2. The van der Waals surface area contributed by atoms with Crippen LogP contribution in [0.1, 0.15) is 6.92 Å². The van der Waals surface area contributed by atoms with Gasteiger partial charge in [-0.3, -0.25) is 4.99 Å². The molecule has 1 rings (SSSR count). The lowest BCUT2D eigenvalue weighted by atomic mass is 10.8. The highest BCUT2D eigenvalue weighted by Gasteiger charge is 1.98. The molecule has 0 amide bonds. The van der Waals surface area contributed by atoms with Gasteiger partial charge < -0.3 is 0 Å². The second kappa shape index (κ2) is 1.65. The zero-order valence-electron chi connectivity index (χ0n) is 3.56. The molecule has 0 atom stereocenters. The van der Waals surface area contributed by atoms with Crippen molar-refractivity contribution in [2.45, 2.75) is 6.92 Å². The Balaban J connectivity index is 2.45. The summed E-state index contributed by atoms with van der Waals surface area (Å²) in [5.74, 6) is 0.950. The molecule has 1 aliphatic heterocycles. The zero-order chi connectivity index (χ0) is 4.41. The summed E-state index contributed by atoms with van der Waals surface area (Å²) in [5.41, 5.74) is 0. The lowest BCUT2D eigenvalue weighted by molar-refractivity contribution is 1.36. The molecule has 0 saturated heterocycles. The van der Waals surface area contributed by atoms with Crippen LogP contribution in [0.2, 0.25) is 0 Å². The van der Waals surface area contributed by atoms with Crippen molar-refractivity contribution in [2.75, 3.05) is 5.75 Å². The van der Waals surface area contributed by atoms with Gasteiger partial charge in [0.15, 0.2) is 0 Å². The van der Waals surface area contributed by atoms with Gasteiger partial charge in [0, 0.05) is 5.75 Å². The van der Waals surface area contributed by atoms with E-state index in [1.807, 2.05) is 6.92 Å². The topological polar surface area (TPSA) is 12.4 Å². The van der Waals surface area contributed by atoms with Gasteiger partial charge >= 0.3 is 0 Å². The van der Waals surface area contributed by atoms with Crippen molar-refractivity contribution in [2.24, 2.45) is 4.99 Å². The molecule has 0 unspecified atom stereocenters. The number of thioether (sulfide) groups is 1. The molecular weight excluding hydrogens is 94.1 g/mol. The molecule has 0 aliphatic carbocycles. The van der Waals surface area contributed by atoms with Crippen molar-refractivity contribution in [3.8, 4) is 0 Å². The summed E-state index contributed by atoms with van der Waals surface area (Å²) < 4.78 is 0. The van der Waals surface area contributed by atoms with E-state index in [-0.39, 0.29) is 0 Å². The Kier molecular flexibility index (Phi) is 1.15. The molecule has 1 aliphatic rings. The summed E-state index contributed by atoms with van der Waals surface area (Å²) in [5, 5.41) is 1.13. The first-order valence-electron chi connectivity index (χ1n) is 1.79. The van der Waals surface area contributed by atoms with Crippen molar-refractivity contribution in [1.29, 1.82) is 0 Å². The second-order valence-electron chi connectivity index (χ2n) is 1.08. The van der Waals surface area contributed by atoms with E-state index in [1.54, 1.807) is 11.8 Å². The SMILES string of the molecule is CC1=N[C]CS1. The van der Waals surface area contributed by atoms with E-state index in [0.717, 1.165) is 10.8 Å². The molecule has 0 N–H and O–H groups in total. The number of hydrogen-bond acceptors (Lipinski definition) is 2. The number of rotatable bonds is 0. The van der Waals surface area contributed by atoms with E-state index < -0.39 is 0 Å². The molecule has 1 nitrogen and oxygen atoms in total. The largest absolute Gasteiger partial charge is 0.270 e. The molecular formula is C4H5NS. The minimum absolute atomic E-state index is 0.950. The third-order valence-electron chi connectivity index (χ3n) is 0.582. The van der Waals surface area contributed by atoms with Crippen LogP contribution in [0.15, 0.2) is 4.99 Å². The van der Waals surface area contributed by atoms with Gasteiger partial charge in [0.1, 0.15) is 6.54 Å². The van der Waals surface area contributed by atoms with Gasteiger partial charge in [-0.1, -0.05) is 0 Å². The fourth-order valence-electron chi connectivity index (χ4n) is 0.313. The molecule has 0 bridgehead atoms. The standard InChI is InChI=1S/C4H5NS/c1-4-5-2-3-6-4/h3H2,1H3. The summed E-state index contributed by atoms with van der Waals surface area (Å²) in [7, 11) is 0. The van der Waals surface area contributed by atoms with Crippen LogP contribution in [0.4, 0.5) is 0 Å². The van der Waals surface area contributed by atoms with Gasteiger partial charge in [0.05, 0.1) is 5.04 Å². The quantitative estimate of drug-likeness (QED) is 0.444. The van der Waals surface area contributed by atoms with Crippen LogP contribution in [0.25, 0.3) is 0 Å². The Hall–Kier alpha value is 0.0200. The van der Waals surface area contributed by atoms with Crippen molar-refractivity contribution in [1.82, 2.24) is 0 Å². The predicted octanol–water partition coefficient (Wildman–Crippen LogP) is 1.19. The predicted molar refractivity (Wildman–Crippen MR) is 28.8 cm³/mol. The molecule has 0 aromatic heterocycles. The molecule has 2 heteroatoms. The molecule has 0 saturated carbocycles. The summed E-state index contributed by atoms with van der Waals surface area (Å²) in [6.07, 6.45) is 0. The Labute approximate surface area is 41.8 Å². The highest BCUT2D eigenvalue weighted by molar-refractivity contribution is 8.14. The van der Waals surface area contributed by atoms with Gasteiger partial charge in [0.2, 0.25) is 0 Å². The van der Waals surface area contributed by atoms with Crippen molar-refractivity contribution in [3.63, 3.8) is 0 Å². The van der Waals surface area contributed by atoms with Crippen LogP contribution in [0.5, 0.6) is 0 Å². The lowest BCUT2D eigenvalue weighted by Gasteiger charge is -1.76. The minimum Gasteiger partial charge on any atom is -0.270 e. The van der Waals surface area contributed by atoms with E-state index in [2.05, 4.69) is 11.5 Å². The van der Waals surface area contributed by atoms with Crippen LogP contribution >= 0.6 is 11.8 Å². The van der Waals surface area contributed by atoms with Crippen molar-refractivity contribution >= 4 is 16.8 Å². The van der Waals surface area contributed by atoms with Crippen LogP contribution in [-0.2, 0) is 0 Å². The molecule has 0 spiro atoms. The van der Waals surface area contributed by atoms with Gasteiger partial charge in [-0.15, -0.1) is 11.8 Å². The third kappa shape index (κ3) is 0.744. The highest BCUT2D eigenvalue weighted by Crippen LogP contribution is 2.12. The average molecular weight is 99.2 g/mol. The summed E-state index contributed by atoms with van der Waals surface area (Å²) >= 11 is 1.74. The van der Waals surface area contributed by atoms with Gasteiger partial charge in [-0.05, 0) is 6.92 Å². The second-order valence-corrected chi connectivity index (χ2v) is 2.25. The summed E-state index contributed by atoms with van der Waals surface area (Å²) in [6.45, 7) is 4.81. The molecule has 2 radical (unpaired) electrons. The Morgan fingerprint density at radius 2 is 2.83 bits per heavy atom. The molecule has 1 heterocycles. The Bertz CT molecular complexity index is 77.6. The van der Waals surface area contributed by atoms with E-state index in [1.165, 1.54) is 0 Å². The van der Waals surface area contributed by atoms with Crippen molar-refractivity contribution in [3.05, 3.63) is 6.54 Å². The average Bonchev–Trinajstić information content (AvgIpc) is 1.86. The fraction of sp³-hybridized carbons (Fsp3) is 0.500. The fourth-order valence-corrected chi connectivity index (χ4v) is 0.780. The number of hydrogen-bond donors (Lipinski definition) is 0. The van der Waals surface area contributed by atoms with Crippen LogP contribution in [0, 0.1) is 6.54 Å². The third-order valence-corrected chi connectivity index (χ3v) is 1.36. The van der Waals surface area contributed by atoms with Gasteiger partial charge in [-0.25, -0.2) is 0 Å². The van der Waals surface area contributed by atoms with Crippen LogP contribution in [-0.4, -0.2) is 10.8 Å². The zero-order valence-corrected chi connectivity index (χ0v) is 4.38. The number of aliphatic imine (C=N–C) groups is 1. The van der Waals surface area contributed by atoms with Crippen LogP contribution in [0.3, 0.4) is 0 Å². The maximum Gasteiger partial charge on any atom is 0.128 e. The van der Waals surface area contributed by atoms with E-state index >= 15 is 0 Å². The molecule has 0 aromatic rings. The molecule has 0 fully saturated rings. The Morgan fingerprint density at radius 1 is 2.00 bits per heavy atom. The van der Waals surface area contributed by atoms with Gasteiger partial charge in [-0.2, -0.15) is 0 Å². The van der Waals surface area contributed by atoms with E-state index in [0.29, 0.717) is 0 Å². The maximum atomic E-state index is 3.87. The Morgan fingerprint density at radius 3 is 3.00 bits per heavy atom. The summed E-state index contributed by atoms with van der Waals surface area (Å²) in [4.78, 5) is 3.87. The van der Waals surface area contributed by atoms with Crippen molar-refractivity contribution < 1.29 is 0 Å². The smallest absolute Gasteiger partial charge is 0.128 e. The van der Waals surface area contributed by atoms with E-state index in [4.69, 9.17) is 0 Å². The lowest BCUT2D eigenvalue weighted by Crippen LogP contribution is -1.69. The molecule has 0 aromatic carbocycles. The monoisotopic (exact) mass is 99.0 g/mol. The molecule has 32 valence electrons. The number of nitrogens with zero attached hydrogens (tertiary/aromatic N) is 1. The highest BCUT2D eigenvalue weighted by atomic mass is 32.2. The minimum atomic E-state index is 0.950. The first-order chi connectivity index (χ1) is 2.89. The first-order valence-corrected chi connectivity index (χ1v) is 2.78.